The van der Waals surface area contributed by atoms with Gasteiger partial charge in [-0.25, -0.2) is 15.0 Å². The average molecular weight is 692 g/mol. The molecule has 0 aliphatic rings. The maximum absolute atomic E-state index is 5.48. The lowest BCUT2D eigenvalue weighted by molar-refractivity contribution is 1.36. The van der Waals surface area contributed by atoms with Crippen LogP contribution in [0, 0.1) is 0 Å². The third kappa shape index (κ3) is 4.84. The molecule has 4 aromatic heterocycles. The van der Waals surface area contributed by atoms with E-state index < -0.39 is 0 Å². The van der Waals surface area contributed by atoms with Crippen LogP contribution in [0.5, 0.6) is 0 Å². The molecule has 0 aliphatic carbocycles. The van der Waals surface area contributed by atoms with Crippen LogP contribution in [0.4, 0.5) is 0 Å². The summed E-state index contributed by atoms with van der Waals surface area (Å²) >= 11 is 1.86. The molecule has 11 rings (SSSR count). The van der Waals surface area contributed by atoms with Gasteiger partial charge in [0.25, 0.3) is 0 Å². The predicted octanol–water partition coefficient (Wildman–Crippen LogP) is 13.5. The van der Waals surface area contributed by atoms with Crippen LogP contribution in [0.15, 0.2) is 176 Å². The van der Waals surface area contributed by atoms with Gasteiger partial charge in [-0.3, -0.25) is 0 Å². The highest BCUT2D eigenvalue weighted by molar-refractivity contribution is 7.26. The summed E-state index contributed by atoms with van der Waals surface area (Å²) in [6.45, 7) is 0. The lowest BCUT2D eigenvalue weighted by atomic mass is 9.93. The Bertz CT molecular complexity index is 3200. The lowest BCUT2D eigenvalue weighted by Crippen LogP contribution is -1.93. The van der Waals surface area contributed by atoms with Crippen LogP contribution < -0.4 is 0 Å². The molecular weight excluding hydrogens is 663 g/mol. The minimum Gasteiger partial charge on any atom is -0.246 e. The van der Waals surface area contributed by atoms with Crippen LogP contribution in [0.25, 0.3) is 109 Å². The zero-order chi connectivity index (χ0) is 34.9. The fraction of sp³-hybridized carbons (Fsp3) is 0. The van der Waals surface area contributed by atoms with Crippen LogP contribution >= 0.6 is 11.3 Å². The molecule has 0 N–H and O–H groups in total. The zero-order valence-electron chi connectivity index (χ0n) is 28.5. The van der Waals surface area contributed by atoms with Crippen molar-refractivity contribution in [2.75, 3.05) is 0 Å². The van der Waals surface area contributed by atoms with Crippen LogP contribution in [0.3, 0.4) is 0 Å². The Kier molecular flexibility index (Phi) is 6.73. The number of hydrogen-bond donors (Lipinski definition) is 0. The van der Waals surface area contributed by atoms with Crippen molar-refractivity contribution in [2.24, 2.45) is 0 Å². The van der Waals surface area contributed by atoms with Gasteiger partial charge >= 0.3 is 0 Å². The fourth-order valence-corrected chi connectivity index (χ4v) is 9.01. The SMILES string of the molecule is c1ccc(-c2ccc3ccc4ccc(-c5ccc(-c6cccc7c6nc(-c6ccccc6)c6ccc8sc9ccccc9c8c67)cc5)nc4c3n2)cc1. The van der Waals surface area contributed by atoms with Crippen molar-refractivity contribution in [1.29, 1.82) is 0 Å². The molecule has 0 fully saturated rings. The second kappa shape index (κ2) is 11.9. The minimum absolute atomic E-state index is 0.910. The molecule has 0 aliphatic heterocycles. The van der Waals surface area contributed by atoms with Crippen molar-refractivity contribution in [3.63, 3.8) is 0 Å². The molecule has 0 atom stereocenters. The third-order valence-corrected chi connectivity index (χ3v) is 11.6. The Balaban J connectivity index is 1.08. The first-order valence-corrected chi connectivity index (χ1v) is 18.7. The van der Waals surface area contributed by atoms with Crippen LogP contribution in [0.2, 0.25) is 0 Å². The summed E-state index contributed by atoms with van der Waals surface area (Å²) in [5, 5.41) is 8.36. The van der Waals surface area contributed by atoms with E-state index in [-0.39, 0.29) is 0 Å². The molecule has 11 aromatic rings. The third-order valence-electron chi connectivity index (χ3n) is 10.5. The van der Waals surface area contributed by atoms with Gasteiger partial charge < -0.3 is 0 Å². The van der Waals surface area contributed by atoms with Crippen molar-refractivity contribution < 1.29 is 0 Å². The van der Waals surface area contributed by atoms with Gasteiger partial charge in [0.1, 0.15) is 0 Å². The van der Waals surface area contributed by atoms with E-state index in [2.05, 4.69) is 158 Å². The summed E-state index contributed by atoms with van der Waals surface area (Å²) in [5.74, 6) is 0. The number of benzene rings is 7. The second-order valence-corrected chi connectivity index (χ2v) is 14.6. The standard InChI is InChI=1S/C49H29N3S/c1-3-10-31(11-4-1)40-27-24-34-22-23-35-25-28-41(51-48(35)47(34)50-40)32-20-18-30(19-21-32)36-15-9-16-38-44-39(46(52-49(36)38)33-12-5-2-6-13-33)26-29-43-45(44)37-14-7-8-17-42(37)53-43/h1-29H. The van der Waals surface area contributed by atoms with E-state index in [0.717, 1.165) is 72.2 Å². The molecule has 0 saturated heterocycles. The van der Waals surface area contributed by atoms with Crippen molar-refractivity contribution in [3.8, 4) is 44.9 Å². The first-order chi connectivity index (χ1) is 26.3. The first kappa shape index (κ1) is 29.9. The molecule has 246 valence electrons. The van der Waals surface area contributed by atoms with Crippen molar-refractivity contribution in [2.45, 2.75) is 0 Å². The van der Waals surface area contributed by atoms with E-state index in [9.17, 15) is 0 Å². The number of nitrogens with zero attached hydrogens (tertiary/aromatic N) is 3. The average Bonchev–Trinajstić information content (AvgIpc) is 3.62. The van der Waals surface area contributed by atoms with Crippen LogP contribution in [-0.4, -0.2) is 15.0 Å². The number of rotatable bonds is 4. The van der Waals surface area contributed by atoms with Crippen LogP contribution in [0.1, 0.15) is 0 Å². The summed E-state index contributed by atoms with van der Waals surface area (Å²) < 4.78 is 2.60. The Morgan fingerprint density at radius 1 is 0.321 bits per heavy atom. The van der Waals surface area contributed by atoms with E-state index in [1.807, 2.05) is 29.5 Å². The van der Waals surface area contributed by atoms with Gasteiger partial charge in [-0.2, -0.15) is 0 Å². The number of aromatic nitrogens is 3. The molecule has 0 unspecified atom stereocenters. The first-order valence-electron chi connectivity index (χ1n) is 17.9. The molecule has 0 spiro atoms. The highest BCUT2D eigenvalue weighted by Gasteiger charge is 2.18. The van der Waals surface area contributed by atoms with Crippen molar-refractivity contribution >= 4 is 75.0 Å². The van der Waals surface area contributed by atoms with Gasteiger partial charge in [0.2, 0.25) is 0 Å². The summed E-state index contributed by atoms with van der Waals surface area (Å²) in [4.78, 5) is 15.8. The summed E-state index contributed by atoms with van der Waals surface area (Å²) in [7, 11) is 0. The highest BCUT2D eigenvalue weighted by Crippen LogP contribution is 2.45. The van der Waals surface area contributed by atoms with Gasteiger partial charge in [0.05, 0.1) is 33.6 Å². The van der Waals surface area contributed by atoms with Gasteiger partial charge in [-0.1, -0.05) is 152 Å². The normalized spacial score (nSPS) is 11.8. The summed E-state index contributed by atoms with van der Waals surface area (Å²) in [6.07, 6.45) is 0. The maximum atomic E-state index is 5.48. The second-order valence-electron chi connectivity index (χ2n) is 13.5. The van der Waals surface area contributed by atoms with E-state index in [0.29, 0.717) is 0 Å². The Hall–Kier alpha value is -6.75. The molecule has 4 heteroatoms. The molecule has 3 nitrogen and oxygen atoms in total. The Morgan fingerprint density at radius 2 is 0.906 bits per heavy atom. The van der Waals surface area contributed by atoms with Gasteiger partial charge in [-0.05, 0) is 29.8 Å². The van der Waals surface area contributed by atoms with E-state index in [4.69, 9.17) is 15.0 Å². The van der Waals surface area contributed by atoms with Crippen molar-refractivity contribution in [1.82, 2.24) is 15.0 Å². The van der Waals surface area contributed by atoms with Gasteiger partial charge in [0, 0.05) is 69.4 Å². The van der Waals surface area contributed by atoms with Crippen molar-refractivity contribution in [3.05, 3.63) is 176 Å². The largest absolute Gasteiger partial charge is 0.246 e. The summed E-state index contributed by atoms with van der Waals surface area (Å²) in [6, 6.07) is 62.4. The molecule has 4 heterocycles. The number of pyridine rings is 3. The quantitative estimate of drug-likeness (QED) is 0.172. The molecule has 0 radical (unpaired) electrons. The summed E-state index contributed by atoms with van der Waals surface area (Å²) in [5.41, 5.74) is 11.2. The Labute approximate surface area is 309 Å². The van der Waals surface area contributed by atoms with E-state index in [1.165, 1.54) is 36.3 Å². The highest BCUT2D eigenvalue weighted by atomic mass is 32.1. The molecular formula is C49H29N3S. The van der Waals surface area contributed by atoms with Crippen LogP contribution in [-0.2, 0) is 0 Å². The zero-order valence-corrected chi connectivity index (χ0v) is 29.3. The smallest absolute Gasteiger partial charge is 0.0972 e. The molecule has 0 amide bonds. The molecule has 0 saturated carbocycles. The maximum Gasteiger partial charge on any atom is 0.0972 e. The minimum atomic E-state index is 0.910. The number of fused-ring (bicyclic) bond motifs is 10. The monoisotopic (exact) mass is 691 g/mol. The van der Waals surface area contributed by atoms with Gasteiger partial charge in [0.15, 0.2) is 0 Å². The number of para-hydroxylation sites is 1. The predicted molar refractivity (Wildman–Crippen MR) is 224 cm³/mol. The lowest BCUT2D eigenvalue weighted by Gasteiger charge is -2.15. The van der Waals surface area contributed by atoms with Gasteiger partial charge in [-0.15, -0.1) is 11.3 Å². The molecule has 53 heavy (non-hydrogen) atoms. The molecule has 7 aromatic carbocycles. The van der Waals surface area contributed by atoms with E-state index >= 15 is 0 Å². The van der Waals surface area contributed by atoms with E-state index in [1.54, 1.807) is 0 Å². The number of thiophene rings is 1. The number of hydrogen-bond acceptors (Lipinski definition) is 4. The molecule has 0 bridgehead atoms. The Morgan fingerprint density at radius 3 is 1.62 bits per heavy atom. The fourth-order valence-electron chi connectivity index (χ4n) is 7.90. The topological polar surface area (TPSA) is 38.7 Å².